The summed E-state index contributed by atoms with van der Waals surface area (Å²) in [6.45, 7) is 3.08. The van der Waals surface area contributed by atoms with Crippen LogP contribution in [0.5, 0.6) is 0 Å². The molecule has 2 aromatic heterocycles. The van der Waals surface area contributed by atoms with Gasteiger partial charge in [-0.25, -0.2) is 9.18 Å². The third-order valence-corrected chi connectivity index (χ3v) is 6.87. The van der Waals surface area contributed by atoms with Gasteiger partial charge >= 0.3 is 12.2 Å². The summed E-state index contributed by atoms with van der Waals surface area (Å²) in [7, 11) is 3.75. The Morgan fingerprint density at radius 1 is 0.974 bits per heavy atom. The highest BCUT2D eigenvalue weighted by Crippen LogP contribution is 2.35. The van der Waals surface area contributed by atoms with Crippen molar-refractivity contribution in [1.29, 1.82) is 0 Å². The van der Waals surface area contributed by atoms with Crippen LogP contribution in [0.15, 0.2) is 55.0 Å². The Morgan fingerprint density at radius 3 is 2.46 bits per heavy atom. The van der Waals surface area contributed by atoms with Crippen LogP contribution in [0.4, 0.5) is 33.7 Å². The van der Waals surface area contributed by atoms with E-state index >= 15 is 0 Å². The summed E-state index contributed by atoms with van der Waals surface area (Å²) in [6, 6.07) is 7.11. The molecule has 8 nitrogen and oxygen atoms in total. The standard InChI is InChI=1S/C27H27F4N7O/c1-36-7-9-38(10-8-36)16-18-3-5-19(12-22(18)27(29,30)31)34-26(39)35-24-6-4-17(11-23(24)28)20-13-32-15-25-21(20)14-33-37(25)2/h3-6,11-15H,7-10,16H2,1-2H3,(H2,34,35,39). The molecule has 204 valence electrons. The summed E-state index contributed by atoms with van der Waals surface area (Å²) in [6.07, 6.45) is 0.329. The number of carbonyl (C=O) groups is 1. The van der Waals surface area contributed by atoms with Gasteiger partial charge in [-0.1, -0.05) is 12.1 Å². The van der Waals surface area contributed by atoms with Crippen LogP contribution in [0.3, 0.4) is 0 Å². The highest BCUT2D eigenvalue weighted by Gasteiger charge is 2.34. The molecule has 3 heterocycles. The third-order valence-electron chi connectivity index (χ3n) is 6.87. The van der Waals surface area contributed by atoms with Gasteiger partial charge in [0.15, 0.2) is 0 Å². The number of carbonyl (C=O) groups excluding carboxylic acids is 1. The van der Waals surface area contributed by atoms with Gasteiger partial charge in [-0.05, 0) is 42.4 Å². The molecule has 2 aromatic carbocycles. The minimum Gasteiger partial charge on any atom is -0.308 e. The second kappa shape index (κ2) is 10.6. The van der Waals surface area contributed by atoms with E-state index < -0.39 is 23.6 Å². The van der Waals surface area contributed by atoms with Gasteiger partial charge in [0.1, 0.15) is 5.82 Å². The van der Waals surface area contributed by atoms with E-state index in [4.69, 9.17) is 0 Å². The molecule has 39 heavy (non-hydrogen) atoms. The maximum atomic E-state index is 14.9. The molecule has 0 unspecified atom stereocenters. The number of halogens is 4. The lowest BCUT2D eigenvalue weighted by atomic mass is 10.0. The van der Waals surface area contributed by atoms with Gasteiger partial charge in [-0.15, -0.1) is 0 Å². The normalized spacial score (nSPS) is 15.0. The Kier molecular flexibility index (Phi) is 7.23. The van der Waals surface area contributed by atoms with Crippen LogP contribution in [-0.4, -0.2) is 63.8 Å². The summed E-state index contributed by atoms with van der Waals surface area (Å²) < 4.78 is 58.1. The topological polar surface area (TPSA) is 78.3 Å². The van der Waals surface area contributed by atoms with Crippen LogP contribution in [0, 0.1) is 5.82 Å². The van der Waals surface area contributed by atoms with Crippen molar-refractivity contribution in [2.24, 2.45) is 7.05 Å². The molecule has 12 heteroatoms. The number of piperazine rings is 1. The summed E-state index contributed by atoms with van der Waals surface area (Å²) in [5.74, 6) is -0.706. The number of aromatic nitrogens is 3. The van der Waals surface area contributed by atoms with Gasteiger partial charge in [0.05, 0.1) is 29.2 Å². The Balaban J connectivity index is 1.30. The smallest absolute Gasteiger partial charge is 0.308 e. The molecule has 0 atom stereocenters. The molecule has 0 bridgehead atoms. The van der Waals surface area contributed by atoms with Gasteiger partial charge in [0.25, 0.3) is 0 Å². The number of pyridine rings is 1. The maximum absolute atomic E-state index is 14.9. The first kappa shape index (κ1) is 26.6. The van der Waals surface area contributed by atoms with E-state index in [9.17, 15) is 22.4 Å². The number of alkyl halides is 3. The molecule has 1 fully saturated rings. The molecule has 0 radical (unpaired) electrons. The molecule has 4 aromatic rings. The van der Waals surface area contributed by atoms with Crippen molar-refractivity contribution in [2.45, 2.75) is 12.7 Å². The summed E-state index contributed by atoms with van der Waals surface area (Å²) in [4.78, 5) is 20.8. The van der Waals surface area contributed by atoms with Crippen molar-refractivity contribution >= 4 is 28.3 Å². The fourth-order valence-corrected chi connectivity index (χ4v) is 4.66. The van der Waals surface area contributed by atoms with E-state index in [1.165, 1.54) is 24.3 Å². The van der Waals surface area contributed by atoms with E-state index in [2.05, 4.69) is 25.6 Å². The average molecular weight is 542 g/mol. The largest absolute Gasteiger partial charge is 0.416 e. The van der Waals surface area contributed by atoms with Crippen molar-refractivity contribution in [1.82, 2.24) is 24.6 Å². The van der Waals surface area contributed by atoms with Crippen LogP contribution in [0.1, 0.15) is 11.1 Å². The second-order valence-electron chi connectivity index (χ2n) is 9.61. The fourth-order valence-electron chi connectivity index (χ4n) is 4.66. The van der Waals surface area contributed by atoms with Gasteiger partial charge in [-0.3, -0.25) is 14.6 Å². The lowest BCUT2D eigenvalue weighted by Crippen LogP contribution is -2.44. The minimum absolute atomic E-state index is 0.0479. The summed E-state index contributed by atoms with van der Waals surface area (Å²) in [5.41, 5.74) is 1.15. The van der Waals surface area contributed by atoms with Crippen LogP contribution < -0.4 is 10.6 Å². The quantitative estimate of drug-likeness (QED) is 0.341. The highest BCUT2D eigenvalue weighted by atomic mass is 19.4. The molecule has 2 amide bonds. The average Bonchev–Trinajstić information content (AvgIpc) is 3.28. The van der Waals surface area contributed by atoms with Crippen molar-refractivity contribution in [3.8, 4) is 11.1 Å². The zero-order valence-electron chi connectivity index (χ0n) is 21.4. The van der Waals surface area contributed by atoms with E-state index in [-0.39, 0.29) is 23.5 Å². The lowest BCUT2D eigenvalue weighted by molar-refractivity contribution is -0.138. The number of likely N-dealkylation sites (N-methyl/N-ethyl adjacent to an activating group) is 1. The van der Waals surface area contributed by atoms with Crippen LogP contribution in [-0.2, 0) is 19.8 Å². The number of benzene rings is 2. The number of hydrogen-bond donors (Lipinski definition) is 2. The number of hydrogen-bond acceptors (Lipinski definition) is 5. The van der Waals surface area contributed by atoms with Crippen molar-refractivity contribution < 1.29 is 22.4 Å². The van der Waals surface area contributed by atoms with Crippen molar-refractivity contribution in [3.63, 3.8) is 0 Å². The predicted molar refractivity (Wildman–Crippen MR) is 141 cm³/mol. The molecule has 0 spiro atoms. The summed E-state index contributed by atoms with van der Waals surface area (Å²) in [5, 5.41) is 9.75. The monoisotopic (exact) mass is 541 g/mol. The van der Waals surface area contributed by atoms with E-state index in [0.717, 1.165) is 30.1 Å². The molecule has 1 aliphatic heterocycles. The fraction of sp³-hybridized carbons (Fsp3) is 0.296. The molecule has 0 aliphatic carbocycles. The van der Waals surface area contributed by atoms with Crippen LogP contribution in [0.2, 0.25) is 0 Å². The number of aryl methyl sites for hydroxylation is 1. The lowest BCUT2D eigenvalue weighted by Gasteiger charge is -2.33. The van der Waals surface area contributed by atoms with Gasteiger partial charge in [-0.2, -0.15) is 18.3 Å². The van der Waals surface area contributed by atoms with Gasteiger partial charge in [0.2, 0.25) is 0 Å². The number of nitrogens with zero attached hydrogens (tertiary/aromatic N) is 5. The van der Waals surface area contributed by atoms with Crippen molar-refractivity contribution in [3.05, 3.63) is 71.9 Å². The molecule has 0 saturated carbocycles. The zero-order valence-corrected chi connectivity index (χ0v) is 21.4. The first-order valence-corrected chi connectivity index (χ1v) is 12.3. The molecular formula is C27H27F4N7O. The minimum atomic E-state index is -4.59. The number of anilines is 2. The van der Waals surface area contributed by atoms with Gasteiger partial charge < -0.3 is 15.5 Å². The van der Waals surface area contributed by atoms with Crippen LogP contribution in [0.25, 0.3) is 22.0 Å². The number of rotatable bonds is 5. The Hall–Kier alpha value is -4.03. The van der Waals surface area contributed by atoms with Gasteiger partial charge in [0, 0.05) is 62.6 Å². The Bertz CT molecular complexity index is 1510. The molecule has 5 rings (SSSR count). The number of amides is 2. The molecule has 1 aliphatic rings. The molecule has 2 N–H and O–H groups in total. The Morgan fingerprint density at radius 2 is 1.74 bits per heavy atom. The SMILES string of the molecule is CN1CCN(Cc2ccc(NC(=O)Nc3ccc(-c4cncc5c4cnn5C)cc3F)cc2C(F)(F)F)CC1. The highest BCUT2D eigenvalue weighted by molar-refractivity contribution is 6.00. The zero-order chi connectivity index (χ0) is 27.7. The number of nitrogens with one attached hydrogen (secondary N) is 2. The Labute approximate surface area is 222 Å². The molecule has 1 saturated heterocycles. The molecular weight excluding hydrogens is 514 g/mol. The van der Waals surface area contributed by atoms with E-state index in [0.29, 0.717) is 24.2 Å². The van der Waals surface area contributed by atoms with E-state index in [1.54, 1.807) is 36.4 Å². The summed E-state index contributed by atoms with van der Waals surface area (Å²) >= 11 is 0. The number of urea groups is 1. The second-order valence-corrected chi connectivity index (χ2v) is 9.61. The van der Waals surface area contributed by atoms with Crippen molar-refractivity contribution in [2.75, 3.05) is 43.9 Å². The predicted octanol–water partition coefficient (Wildman–Crippen LogP) is 5.18. The first-order chi connectivity index (χ1) is 18.6. The van der Waals surface area contributed by atoms with Crippen LogP contribution >= 0.6 is 0 Å². The third kappa shape index (κ3) is 5.86. The number of fused-ring (bicyclic) bond motifs is 1. The maximum Gasteiger partial charge on any atom is 0.416 e. The first-order valence-electron chi connectivity index (χ1n) is 12.3. The van der Waals surface area contributed by atoms with E-state index in [1.807, 2.05) is 11.9 Å².